The van der Waals surface area contributed by atoms with E-state index in [2.05, 4.69) is 29.3 Å². The van der Waals surface area contributed by atoms with Crippen LogP contribution in [0.15, 0.2) is 10.6 Å². The molecule has 0 spiro atoms. The molecule has 1 aromatic heterocycles. The zero-order valence-electron chi connectivity index (χ0n) is 18.5. The molecule has 3 aliphatic heterocycles. The number of rotatable bonds is 6. The number of hydrogen-bond donors (Lipinski definition) is 1. The van der Waals surface area contributed by atoms with Crippen molar-refractivity contribution in [1.82, 2.24) is 19.7 Å². The first-order chi connectivity index (χ1) is 14.7. The van der Waals surface area contributed by atoms with E-state index in [0.717, 1.165) is 57.4 Å². The van der Waals surface area contributed by atoms with Crippen LogP contribution in [0, 0.1) is 5.92 Å². The molecule has 3 saturated heterocycles. The number of fused-ring (bicyclic) bond motifs is 2. The molecule has 3 atom stereocenters. The maximum absolute atomic E-state index is 13.3. The van der Waals surface area contributed by atoms with Gasteiger partial charge in [0.2, 0.25) is 10.0 Å². The summed E-state index contributed by atoms with van der Waals surface area (Å²) in [6.07, 6.45) is 7.17. The molecule has 1 amide bonds. The number of nitrogens with one attached hydrogen (secondary N) is 1. The van der Waals surface area contributed by atoms with Crippen LogP contribution in [-0.2, 0) is 15.4 Å². The number of hydrogen-bond acceptors (Lipinski definition) is 6. The van der Waals surface area contributed by atoms with Crippen molar-refractivity contribution < 1.29 is 17.7 Å². The van der Waals surface area contributed by atoms with Gasteiger partial charge in [0.05, 0.1) is 5.75 Å². The highest BCUT2D eigenvalue weighted by molar-refractivity contribution is 7.89. The van der Waals surface area contributed by atoms with Crippen LogP contribution in [0.3, 0.4) is 0 Å². The molecule has 31 heavy (non-hydrogen) atoms. The molecule has 9 heteroatoms. The lowest BCUT2D eigenvalue weighted by molar-refractivity contribution is 0.0899. The van der Waals surface area contributed by atoms with E-state index < -0.39 is 10.0 Å². The summed E-state index contributed by atoms with van der Waals surface area (Å²) in [6.45, 7) is 4.07. The highest BCUT2D eigenvalue weighted by Crippen LogP contribution is 2.47. The molecular weight excluding hydrogens is 416 g/mol. The van der Waals surface area contributed by atoms with Gasteiger partial charge in [0.1, 0.15) is 5.76 Å². The van der Waals surface area contributed by atoms with Gasteiger partial charge in [-0.05, 0) is 77.4 Å². The molecule has 172 valence electrons. The summed E-state index contributed by atoms with van der Waals surface area (Å²) in [7, 11) is -1.18. The first-order valence-electron chi connectivity index (χ1n) is 11.7. The van der Waals surface area contributed by atoms with Crippen LogP contribution >= 0.6 is 0 Å². The molecule has 4 aliphatic rings. The van der Waals surface area contributed by atoms with Crippen molar-refractivity contribution >= 4 is 15.9 Å². The van der Waals surface area contributed by atoms with E-state index in [0.29, 0.717) is 18.5 Å². The van der Waals surface area contributed by atoms with Gasteiger partial charge in [-0.2, -0.15) is 4.31 Å². The van der Waals surface area contributed by atoms with Gasteiger partial charge in [-0.3, -0.25) is 4.79 Å². The molecule has 1 N–H and O–H groups in total. The van der Waals surface area contributed by atoms with Crippen molar-refractivity contribution in [2.24, 2.45) is 5.92 Å². The second kappa shape index (κ2) is 7.85. The number of likely N-dealkylation sites (tertiary alicyclic amines) is 1. The van der Waals surface area contributed by atoms with Crippen LogP contribution in [0.4, 0.5) is 0 Å². The molecule has 5 rings (SSSR count). The molecule has 1 aromatic rings. The van der Waals surface area contributed by atoms with Crippen molar-refractivity contribution in [1.29, 1.82) is 0 Å². The number of amides is 1. The minimum atomic E-state index is -3.27. The highest BCUT2D eigenvalue weighted by atomic mass is 32.2. The first-order valence-corrected chi connectivity index (χ1v) is 13.3. The topological polar surface area (TPSA) is 95.8 Å². The third kappa shape index (κ3) is 4.28. The Balaban J connectivity index is 1.19. The van der Waals surface area contributed by atoms with Crippen LogP contribution in [-0.4, -0.2) is 72.7 Å². The zero-order chi connectivity index (χ0) is 21.8. The van der Waals surface area contributed by atoms with Crippen molar-refractivity contribution in [2.45, 2.75) is 81.8 Å². The standard InChI is InChI=1S/C22H34N4O4S/c1-22(7-8-22)20-13-19(24-30-20)21(27)23-16-11-17-3-4-18(12-16)26(17)31(28,29)14-15-5-9-25(2)10-6-15/h13,15-18H,3-12,14H2,1-2H3,(H,23,27)/t16?,17-,18+. The fraction of sp³-hybridized carbons (Fsp3) is 0.818. The predicted molar refractivity (Wildman–Crippen MR) is 116 cm³/mol. The minimum absolute atomic E-state index is 0.00133. The van der Waals surface area contributed by atoms with Crippen molar-refractivity contribution in [3.63, 3.8) is 0 Å². The summed E-state index contributed by atoms with van der Waals surface area (Å²) in [6, 6.07) is 1.74. The van der Waals surface area contributed by atoms with Gasteiger partial charge in [0, 0.05) is 29.6 Å². The molecule has 1 unspecified atom stereocenters. The molecule has 1 aliphatic carbocycles. The largest absolute Gasteiger partial charge is 0.360 e. The molecule has 4 heterocycles. The Kier molecular flexibility index (Phi) is 5.42. The van der Waals surface area contributed by atoms with E-state index in [1.165, 1.54) is 0 Å². The first kappa shape index (κ1) is 21.4. The Bertz CT molecular complexity index is 919. The molecule has 4 fully saturated rings. The molecule has 2 bridgehead atoms. The number of carbonyl (C=O) groups excluding carboxylic acids is 1. The lowest BCUT2D eigenvalue weighted by Crippen LogP contribution is -2.53. The lowest BCUT2D eigenvalue weighted by atomic mass is 9.99. The van der Waals surface area contributed by atoms with Gasteiger partial charge in [0.15, 0.2) is 5.69 Å². The van der Waals surface area contributed by atoms with Gasteiger partial charge in [-0.1, -0.05) is 12.1 Å². The SMILES string of the molecule is CN1CCC(CS(=O)(=O)N2[C@@H]3CC[C@H]2CC(NC(=O)c2cc(C4(C)CC4)on2)C3)CC1. The Morgan fingerprint density at radius 1 is 1.19 bits per heavy atom. The minimum Gasteiger partial charge on any atom is -0.360 e. The van der Waals surface area contributed by atoms with E-state index in [-0.39, 0.29) is 41.1 Å². The Hall–Kier alpha value is -1.45. The second-order valence-electron chi connectivity index (χ2n) is 10.5. The Morgan fingerprint density at radius 3 is 2.45 bits per heavy atom. The van der Waals surface area contributed by atoms with Crippen molar-refractivity contribution in [3.05, 3.63) is 17.5 Å². The smallest absolute Gasteiger partial charge is 0.273 e. The van der Waals surface area contributed by atoms with E-state index in [9.17, 15) is 13.2 Å². The van der Waals surface area contributed by atoms with Crippen LogP contribution < -0.4 is 5.32 Å². The average Bonchev–Trinajstić information content (AvgIpc) is 3.15. The molecule has 0 aromatic carbocycles. The number of piperidine rings is 2. The number of aromatic nitrogens is 1. The van der Waals surface area contributed by atoms with Crippen molar-refractivity contribution in [3.8, 4) is 0 Å². The van der Waals surface area contributed by atoms with Crippen molar-refractivity contribution in [2.75, 3.05) is 25.9 Å². The third-order valence-electron chi connectivity index (χ3n) is 7.94. The van der Waals surface area contributed by atoms with Crippen LogP contribution in [0.25, 0.3) is 0 Å². The summed E-state index contributed by atoms with van der Waals surface area (Å²) in [5, 5.41) is 7.06. The van der Waals surface area contributed by atoms with E-state index >= 15 is 0 Å². The van der Waals surface area contributed by atoms with Gasteiger partial charge in [-0.15, -0.1) is 0 Å². The normalized spacial score (nSPS) is 31.6. The maximum atomic E-state index is 13.3. The van der Waals surface area contributed by atoms with Gasteiger partial charge in [-0.25, -0.2) is 8.42 Å². The van der Waals surface area contributed by atoms with E-state index in [1.54, 1.807) is 10.4 Å². The Morgan fingerprint density at radius 2 is 1.84 bits per heavy atom. The Labute approximate surface area is 184 Å². The predicted octanol–water partition coefficient (Wildman–Crippen LogP) is 2.12. The molecule has 8 nitrogen and oxygen atoms in total. The van der Waals surface area contributed by atoms with Gasteiger partial charge >= 0.3 is 0 Å². The summed E-state index contributed by atoms with van der Waals surface area (Å²) in [5.41, 5.74) is 0.366. The fourth-order valence-corrected chi connectivity index (χ4v) is 8.07. The molecular formula is C22H34N4O4S. The maximum Gasteiger partial charge on any atom is 0.273 e. The average molecular weight is 451 g/mol. The second-order valence-corrected chi connectivity index (χ2v) is 12.4. The van der Waals surface area contributed by atoms with Gasteiger partial charge < -0.3 is 14.7 Å². The highest BCUT2D eigenvalue weighted by Gasteiger charge is 2.48. The zero-order valence-corrected chi connectivity index (χ0v) is 19.4. The monoisotopic (exact) mass is 450 g/mol. The summed E-state index contributed by atoms with van der Waals surface area (Å²) >= 11 is 0. The van der Waals surface area contributed by atoms with E-state index in [4.69, 9.17) is 4.52 Å². The summed E-state index contributed by atoms with van der Waals surface area (Å²) < 4.78 is 33.7. The van der Waals surface area contributed by atoms with E-state index in [1.807, 2.05) is 0 Å². The molecule has 1 saturated carbocycles. The van der Waals surface area contributed by atoms with Crippen LogP contribution in [0.1, 0.15) is 74.5 Å². The van der Waals surface area contributed by atoms with Crippen LogP contribution in [0.5, 0.6) is 0 Å². The fourth-order valence-electron chi connectivity index (χ4n) is 5.68. The summed E-state index contributed by atoms with van der Waals surface area (Å²) in [4.78, 5) is 15.0. The third-order valence-corrected chi connectivity index (χ3v) is 10.1. The lowest BCUT2D eigenvalue weighted by Gasteiger charge is -2.39. The number of sulfonamides is 1. The molecule has 0 radical (unpaired) electrons. The number of nitrogens with zero attached hydrogens (tertiary/aromatic N) is 3. The number of carbonyl (C=O) groups is 1. The summed E-state index contributed by atoms with van der Waals surface area (Å²) in [5.74, 6) is 1.09. The van der Waals surface area contributed by atoms with Crippen LogP contribution in [0.2, 0.25) is 0 Å². The quantitative estimate of drug-likeness (QED) is 0.713. The van der Waals surface area contributed by atoms with Gasteiger partial charge in [0.25, 0.3) is 5.91 Å².